The minimum Gasteiger partial charge on any atom is -0.398 e. The van der Waals surface area contributed by atoms with Gasteiger partial charge in [0.2, 0.25) is 0 Å². The lowest BCUT2D eigenvalue weighted by molar-refractivity contribution is 0.0985. The van der Waals surface area contributed by atoms with Crippen LogP contribution in [0.15, 0.2) is 23.1 Å². The number of Topliss-reactive ketones (excluding diaryl/α,β-unsaturated/α-hetero) is 1. The summed E-state index contributed by atoms with van der Waals surface area (Å²) in [7, 11) is 0. The van der Waals surface area contributed by atoms with Gasteiger partial charge in [-0.1, -0.05) is 19.1 Å². The number of anilines is 1. The summed E-state index contributed by atoms with van der Waals surface area (Å²) in [6.45, 7) is 1.86. The first kappa shape index (κ1) is 10.1. The summed E-state index contributed by atoms with van der Waals surface area (Å²) < 4.78 is 0. The topological polar surface area (TPSA) is 43.1 Å². The minimum atomic E-state index is 0.150. The summed E-state index contributed by atoms with van der Waals surface area (Å²) in [5, 5.41) is 0. The molecule has 70 valence electrons. The van der Waals surface area contributed by atoms with E-state index in [1.54, 1.807) is 0 Å². The van der Waals surface area contributed by atoms with Crippen molar-refractivity contribution >= 4 is 23.2 Å². The molecule has 0 spiro atoms. The molecule has 2 N–H and O–H groups in total. The van der Waals surface area contributed by atoms with Gasteiger partial charge < -0.3 is 5.73 Å². The molecule has 0 aliphatic rings. The Morgan fingerprint density at radius 3 is 2.77 bits per heavy atom. The number of rotatable bonds is 3. The summed E-state index contributed by atoms with van der Waals surface area (Å²) in [5.41, 5.74) is 7.18. The molecule has 0 aliphatic carbocycles. The number of carbonyl (C=O) groups is 1. The van der Waals surface area contributed by atoms with E-state index in [9.17, 15) is 4.79 Å². The molecule has 0 unspecified atom stereocenters. The molecule has 0 heterocycles. The monoisotopic (exact) mass is 195 g/mol. The second kappa shape index (κ2) is 4.33. The zero-order valence-electron chi connectivity index (χ0n) is 7.83. The molecule has 0 amide bonds. The number of hydrogen-bond donors (Lipinski definition) is 1. The molecular weight excluding hydrogens is 182 g/mol. The fourth-order valence-corrected chi connectivity index (χ4v) is 1.90. The molecule has 13 heavy (non-hydrogen) atoms. The van der Waals surface area contributed by atoms with Crippen LogP contribution >= 0.6 is 11.8 Å². The first-order valence-corrected chi connectivity index (χ1v) is 5.38. The van der Waals surface area contributed by atoms with E-state index >= 15 is 0 Å². The largest absolute Gasteiger partial charge is 0.398 e. The van der Waals surface area contributed by atoms with Crippen LogP contribution in [0, 0.1) is 0 Å². The molecule has 0 bridgehead atoms. The molecule has 0 aromatic heterocycles. The number of benzene rings is 1. The Hall–Kier alpha value is -0.960. The van der Waals surface area contributed by atoms with Gasteiger partial charge in [-0.3, -0.25) is 4.79 Å². The van der Waals surface area contributed by atoms with Crippen molar-refractivity contribution in [2.24, 2.45) is 0 Å². The van der Waals surface area contributed by atoms with E-state index in [4.69, 9.17) is 5.73 Å². The lowest BCUT2D eigenvalue weighted by Crippen LogP contribution is -2.01. The molecule has 0 atom stereocenters. The van der Waals surface area contributed by atoms with Gasteiger partial charge in [0.1, 0.15) is 0 Å². The van der Waals surface area contributed by atoms with Crippen molar-refractivity contribution in [3.05, 3.63) is 23.8 Å². The fraction of sp³-hybridized carbons (Fsp3) is 0.300. The predicted molar refractivity (Wildman–Crippen MR) is 57.3 cm³/mol. The van der Waals surface area contributed by atoms with Gasteiger partial charge in [-0.25, -0.2) is 0 Å². The van der Waals surface area contributed by atoms with Crippen LogP contribution in [-0.2, 0) is 0 Å². The van der Waals surface area contributed by atoms with Crippen LogP contribution in [0.5, 0.6) is 0 Å². The van der Waals surface area contributed by atoms with Crippen LogP contribution in [0.3, 0.4) is 0 Å². The Bertz CT molecular complexity index is 323. The maximum absolute atomic E-state index is 11.5. The van der Waals surface area contributed by atoms with E-state index in [1.165, 1.54) is 11.8 Å². The Balaban J connectivity index is 3.20. The van der Waals surface area contributed by atoms with Crippen molar-refractivity contribution < 1.29 is 4.79 Å². The molecule has 0 aliphatic heterocycles. The Labute approximate surface area is 82.5 Å². The number of ketones is 1. The zero-order valence-corrected chi connectivity index (χ0v) is 8.65. The molecule has 0 fully saturated rings. The SMILES string of the molecule is CCC(=O)c1cccc(N)c1SC. The van der Waals surface area contributed by atoms with Crippen LogP contribution in [0.1, 0.15) is 23.7 Å². The first-order chi connectivity index (χ1) is 6.20. The molecular formula is C10H13NOS. The zero-order chi connectivity index (χ0) is 9.84. The van der Waals surface area contributed by atoms with Gasteiger partial charge >= 0.3 is 0 Å². The van der Waals surface area contributed by atoms with Crippen LogP contribution < -0.4 is 5.73 Å². The molecule has 0 saturated carbocycles. The van der Waals surface area contributed by atoms with E-state index in [-0.39, 0.29) is 5.78 Å². The second-order valence-corrected chi connectivity index (χ2v) is 3.52. The lowest BCUT2D eigenvalue weighted by Gasteiger charge is -2.07. The molecule has 1 rings (SSSR count). The van der Waals surface area contributed by atoms with Crippen molar-refractivity contribution in [3.63, 3.8) is 0 Å². The molecule has 1 aromatic carbocycles. The highest BCUT2D eigenvalue weighted by Gasteiger charge is 2.10. The Kier molecular flexibility index (Phi) is 3.37. The molecule has 2 nitrogen and oxygen atoms in total. The van der Waals surface area contributed by atoms with E-state index in [0.29, 0.717) is 12.1 Å². The van der Waals surface area contributed by atoms with Gasteiger partial charge in [0.15, 0.2) is 5.78 Å². The van der Waals surface area contributed by atoms with Crippen molar-refractivity contribution in [1.82, 2.24) is 0 Å². The van der Waals surface area contributed by atoms with Crippen molar-refractivity contribution in [2.45, 2.75) is 18.2 Å². The van der Waals surface area contributed by atoms with Crippen LogP contribution in [0.25, 0.3) is 0 Å². The van der Waals surface area contributed by atoms with Gasteiger partial charge in [0.25, 0.3) is 0 Å². The number of carbonyl (C=O) groups excluding carboxylic acids is 1. The van der Waals surface area contributed by atoms with Crippen LogP contribution in [-0.4, -0.2) is 12.0 Å². The molecule has 0 radical (unpaired) electrons. The van der Waals surface area contributed by atoms with E-state index < -0.39 is 0 Å². The predicted octanol–water partition coefficient (Wildman–Crippen LogP) is 2.58. The maximum atomic E-state index is 11.5. The van der Waals surface area contributed by atoms with E-state index in [0.717, 1.165) is 10.5 Å². The summed E-state index contributed by atoms with van der Waals surface area (Å²) in [5.74, 6) is 0.150. The summed E-state index contributed by atoms with van der Waals surface area (Å²) in [4.78, 5) is 12.4. The lowest BCUT2D eigenvalue weighted by atomic mass is 10.1. The van der Waals surface area contributed by atoms with Crippen molar-refractivity contribution in [2.75, 3.05) is 12.0 Å². The van der Waals surface area contributed by atoms with Gasteiger partial charge in [0, 0.05) is 22.6 Å². The van der Waals surface area contributed by atoms with Crippen LogP contribution in [0.2, 0.25) is 0 Å². The maximum Gasteiger partial charge on any atom is 0.163 e. The fourth-order valence-electron chi connectivity index (χ4n) is 1.19. The number of hydrogen-bond acceptors (Lipinski definition) is 3. The third-order valence-corrected chi connectivity index (χ3v) is 2.73. The highest BCUT2D eigenvalue weighted by atomic mass is 32.2. The molecule has 3 heteroatoms. The van der Waals surface area contributed by atoms with Crippen molar-refractivity contribution in [3.8, 4) is 0 Å². The minimum absolute atomic E-state index is 0.150. The highest BCUT2D eigenvalue weighted by molar-refractivity contribution is 7.98. The highest BCUT2D eigenvalue weighted by Crippen LogP contribution is 2.27. The molecule has 0 saturated heterocycles. The van der Waals surface area contributed by atoms with Crippen LogP contribution in [0.4, 0.5) is 5.69 Å². The third-order valence-electron chi connectivity index (χ3n) is 1.87. The third kappa shape index (κ3) is 2.04. The summed E-state index contributed by atoms with van der Waals surface area (Å²) in [6.07, 6.45) is 2.45. The Morgan fingerprint density at radius 2 is 2.23 bits per heavy atom. The first-order valence-electron chi connectivity index (χ1n) is 4.16. The van der Waals surface area contributed by atoms with Gasteiger partial charge in [-0.2, -0.15) is 0 Å². The normalized spacial score (nSPS) is 10.0. The standard InChI is InChI=1S/C10H13NOS/c1-3-9(12)7-5-4-6-8(11)10(7)13-2/h4-6H,3,11H2,1-2H3. The number of thioether (sulfide) groups is 1. The summed E-state index contributed by atoms with van der Waals surface area (Å²) in [6, 6.07) is 5.46. The summed E-state index contributed by atoms with van der Waals surface area (Å²) >= 11 is 1.52. The second-order valence-electron chi connectivity index (χ2n) is 2.70. The molecule has 1 aromatic rings. The number of nitrogens with two attached hydrogens (primary N) is 1. The van der Waals surface area contributed by atoms with E-state index in [2.05, 4.69) is 0 Å². The number of nitrogen functional groups attached to an aromatic ring is 1. The quantitative estimate of drug-likeness (QED) is 0.458. The average molecular weight is 195 g/mol. The van der Waals surface area contributed by atoms with Gasteiger partial charge in [-0.05, 0) is 12.3 Å². The Morgan fingerprint density at radius 1 is 1.54 bits per heavy atom. The van der Waals surface area contributed by atoms with Gasteiger partial charge in [-0.15, -0.1) is 11.8 Å². The van der Waals surface area contributed by atoms with E-state index in [1.807, 2.05) is 31.4 Å². The van der Waals surface area contributed by atoms with Gasteiger partial charge in [0.05, 0.1) is 0 Å². The average Bonchev–Trinajstić information content (AvgIpc) is 2.16. The smallest absolute Gasteiger partial charge is 0.163 e. The van der Waals surface area contributed by atoms with Crippen molar-refractivity contribution in [1.29, 1.82) is 0 Å².